The van der Waals surface area contributed by atoms with E-state index in [2.05, 4.69) is 4.74 Å². The Kier molecular flexibility index (Phi) is 12.4. The van der Waals surface area contributed by atoms with Crippen LogP contribution in [0.1, 0.15) is 64.7 Å². The molecule has 0 radical (unpaired) electrons. The van der Waals surface area contributed by atoms with E-state index in [0.29, 0.717) is 12.8 Å². The summed E-state index contributed by atoms with van der Waals surface area (Å²) in [6.07, 6.45) is -1.77. The van der Waals surface area contributed by atoms with Gasteiger partial charge in [0.1, 0.15) is 0 Å². The molecular weight excluding hydrogens is 700 g/mol. The number of alkyl halides is 20. The smallest absolute Gasteiger partial charge is 0.385 e. The van der Waals surface area contributed by atoms with Crippen molar-refractivity contribution in [3.05, 3.63) is 0 Å². The summed E-state index contributed by atoms with van der Waals surface area (Å²) in [5.41, 5.74) is 0. The number of hydrogen-bond acceptors (Lipinski definition) is 2. The molecule has 0 spiro atoms. The van der Waals surface area contributed by atoms with Crippen molar-refractivity contribution in [1.29, 1.82) is 0 Å². The molecule has 1 aliphatic carbocycles. The molecule has 1 rings (SSSR count). The summed E-state index contributed by atoms with van der Waals surface area (Å²) in [5, 5.41) is 0. The Labute approximate surface area is 247 Å². The molecule has 0 atom stereocenters. The molecule has 22 heteroatoms. The minimum atomic E-state index is -9.07. The Balaban J connectivity index is 3.20. The number of halogens is 20. The lowest BCUT2D eigenvalue weighted by Crippen LogP contribution is -2.76. The van der Waals surface area contributed by atoms with E-state index in [4.69, 9.17) is 0 Å². The first kappa shape index (κ1) is 42.1. The zero-order chi connectivity index (χ0) is 36.6. The molecule has 0 aliphatic heterocycles. The average Bonchev–Trinajstić information content (AvgIpc) is 2.92. The first-order chi connectivity index (χ1) is 20.3. The molecule has 46 heavy (non-hydrogen) atoms. The number of unbranched alkanes of at least 4 members (excludes halogenated alkanes) is 2. The van der Waals surface area contributed by atoms with Crippen molar-refractivity contribution < 1.29 is 97.3 Å². The summed E-state index contributed by atoms with van der Waals surface area (Å²) in [4.78, 5) is 11.8. The highest BCUT2D eigenvalue weighted by atomic mass is 19.4. The van der Waals surface area contributed by atoms with Crippen molar-refractivity contribution in [2.24, 2.45) is 11.8 Å². The van der Waals surface area contributed by atoms with Crippen LogP contribution in [0.4, 0.5) is 87.8 Å². The Bertz CT molecular complexity index is 1020. The Morgan fingerprint density at radius 1 is 0.587 bits per heavy atom. The number of carbonyl (C=O) groups excluding carboxylic acids is 1. The van der Waals surface area contributed by atoms with Gasteiger partial charge in [0.2, 0.25) is 0 Å². The highest BCUT2D eigenvalue weighted by Crippen LogP contribution is 2.65. The second-order valence-corrected chi connectivity index (χ2v) is 10.9. The molecule has 1 aliphatic rings. The molecule has 0 aromatic carbocycles. The summed E-state index contributed by atoms with van der Waals surface area (Å²) in [6, 6.07) is 0. The first-order valence-electron chi connectivity index (χ1n) is 13.2. The molecule has 0 amide bonds. The van der Waals surface area contributed by atoms with E-state index in [0.717, 1.165) is 25.7 Å². The van der Waals surface area contributed by atoms with E-state index in [1.807, 2.05) is 6.92 Å². The third-order valence-electron chi connectivity index (χ3n) is 7.57. The molecule has 0 unspecified atom stereocenters. The van der Waals surface area contributed by atoms with Crippen LogP contribution in [0.25, 0.3) is 0 Å². The van der Waals surface area contributed by atoms with E-state index in [-0.39, 0.29) is 18.8 Å². The van der Waals surface area contributed by atoms with Crippen LogP contribution in [0, 0.1) is 11.8 Å². The maximum absolute atomic E-state index is 14.0. The summed E-state index contributed by atoms with van der Waals surface area (Å²) in [5.74, 6) is -77.9. The number of ether oxygens (including phenoxy) is 1. The van der Waals surface area contributed by atoms with Crippen molar-refractivity contribution in [2.75, 3.05) is 6.61 Å². The fourth-order valence-electron chi connectivity index (χ4n) is 4.53. The Morgan fingerprint density at radius 2 is 0.957 bits per heavy atom. The van der Waals surface area contributed by atoms with Gasteiger partial charge in [-0.05, 0) is 24.7 Å². The van der Waals surface area contributed by atoms with Gasteiger partial charge < -0.3 is 4.74 Å². The summed E-state index contributed by atoms with van der Waals surface area (Å²) in [7, 11) is 0. The van der Waals surface area contributed by atoms with Gasteiger partial charge in [0.25, 0.3) is 0 Å². The van der Waals surface area contributed by atoms with Gasteiger partial charge in [-0.15, -0.1) is 0 Å². The molecule has 0 heterocycles. The molecule has 0 aromatic rings. The number of hydrogen-bond donors (Lipinski definition) is 0. The quantitative estimate of drug-likeness (QED) is 0.0848. The van der Waals surface area contributed by atoms with Crippen molar-refractivity contribution in [1.82, 2.24) is 0 Å². The summed E-state index contributed by atoms with van der Waals surface area (Å²) < 4.78 is 274. The predicted molar refractivity (Wildman–Crippen MR) is 116 cm³/mol. The number of carbonyl (C=O) groups is 1. The Hall–Kier alpha value is -1.93. The van der Waals surface area contributed by atoms with E-state index < -0.39 is 84.6 Å². The molecule has 0 aromatic heterocycles. The van der Waals surface area contributed by atoms with Crippen LogP contribution >= 0.6 is 0 Å². The summed E-state index contributed by atoms with van der Waals surface area (Å²) in [6.45, 7) is -1.37. The topological polar surface area (TPSA) is 26.3 Å². The van der Waals surface area contributed by atoms with E-state index in [9.17, 15) is 92.6 Å². The SMILES string of the molecule is CCCCC[C@H]1CC[C@H](CC(=O)OCC(F)(F)C(F)(F)C(F)(F)C(F)(F)C(F)(F)C(F)(F)C(F)(F)C(F)(F)C(F)(F)C(F)F)CC1. The van der Waals surface area contributed by atoms with Gasteiger partial charge in [-0.3, -0.25) is 4.79 Å². The largest absolute Gasteiger partial charge is 0.459 e. The van der Waals surface area contributed by atoms with Crippen LogP contribution in [0.15, 0.2) is 0 Å². The van der Waals surface area contributed by atoms with Gasteiger partial charge in [-0.1, -0.05) is 45.4 Å². The molecular formula is C24H26F20O2. The maximum Gasteiger partial charge on any atom is 0.385 e. The third kappa shape index (κ3) is 6.95. The standard InChI is InChI=1S/C24H26F20O2/c1-2-3-4-5-12-6-8-13(9-7-12)10-14(45)46-11-16(27,28)18(31,32)20(35,36)22(39,40)24(43,44)23(41,42)21(37,38)19(33,34)17(29,30)15(25)26/h12-13,15H,2-11H2,1H3/t12-,13-. The second-order valence-electron chi connectivity index (χ2n) is 10.9. The third-order valence-corrected chi connectivity index (χ3v) is 7.57. The van der Waals surface area contributed by atoms with Crippen LogP contribution in [-0.4, -0.2) is 72.3 Å². The van der Waals surface area contributed by atoms with Crippen LogP contribution in [0.2, 0.25) is 0 Å². The van der Waals surface area contributed by atoms with Crippen LogP contribution < -0.4 is 0 Å². The van der Waals surface area contributed by atoms with Crippen LogP contribution in [-0.2, 0) is 9.53 Å². The molecule has 0 bridgehead atoms. The van der Waals surface area contributed by atoms with Gasteiger partial charge in [0.15, 0.2) is 6.61 Å². The fourth-order valence-corrected chi connectivity index (χ4v) is 4.53. The molecule has 1 fully saturated rings. The molecule has 1 saturated carbocycles. The zero-order valence-electron chi connectivity index (χ0n) is 23.2. The lowest BCUT2D eigenvalue weighted by Gasteiger charge is -2.44. The van der Waals surface area contributed by atoms with E-state index in [1.165, 1.54) is 0 Å². The monoisotopic (exact) mass is 726 g/mol. The number of esters is 1. The number of rotatable bonds is 17. The highest BCUT2D eigenvalue weighted by molar-refractivity contribution is 5.69. The lowest BCUT2D eigenvalue weighted by atomic mass is 9.78. The summed E-state index contributed by atoms with van der Waals surface area (Å²) >= 11 is 0. The second kappa shape index (κ2) is 13.5. The minimum absolute atomic E-state index is 0.225. The van der Waals surface area contributed by atoms with Gasteiger partial charge in [0.05, 0.1) is 0 Å². The molecule has 274 valence electrons. The van der Waals surface area contributed by atoms with Crippen LogP contribution in [0.5, 0.6) is 0 Å². The highest BCUT2D eigenvalue weighted by Gasteiger charge is 2.96. The van der Waals surface area contributed by atoms with Crippen molar-refractivity contribution >= 4 is 5.97 Å². The van der Waals surface area contributed by atoms with E-state index >= 15 is 0 Å². The Morgan fingerprint density at radius 3 is 1.35 bits per heavy atom. The van der Waals surface area contributed by atoms with Crippen molar-refractivity contribution in [3.63, 3.8) is 0 Å². The lowest BCUT2D eigenvalue weighted by molar-refractivity contribution is -0.465. The van der Waals surface area contributed by atoms with Crippen LogP contribution in [0.3, 0.4) is 0 Å². The molecule has 0 saturated heterocycles. The molecule has 2 nitrogen and oxygen atoms in total. The van der Waals surface area contributed by atoms with Crippen molar-refractivity contribution in [2.45, 2.75) is 124 Å². The zero-order valence-corrected chi connectivity index (χ0v) is 23.2. The van der Waals surface area contributed by atoms with Gasteiger partial charge in [-0.25, -0.2) is 8.78 Å². The van der Waals surface area contributed by atoms with Gasteiger partial charge in [-0.2, -0.15) is 79.0 Å². The maximum atomic E-state index is 14.0. The normalized spacial score (nSPS) is 20.3. The van der Waals surface area contributed by atoms with Gasteiger partial charge >= 0.3 is 65.7 Å². The minimum Gasteiger partial charge on any atom is -0.459 e. The molecule has 0 N–H and O–H groups in total. The predicted octanol–water partition coefficient (Wildman–Crippen LogP) is 10.3. The average molecular weight is 726 g/mol. The first-order valence-corrected chi connectivity index (χ1v) is 13.2. The van der Waals surface area contributed by atoms with Gasteiger partial charge in [0, 0.05) is 6.42 Å². The van der Waals surface area contributed by atoms with Crippen molar-refractivity contribution in [3.8, 4) is 0 Å². The fraction of sp³-hybridized carbons (Fsp3) is 0.958. The van der Waals surface area contributed by atoms with E-state index in [1.54, 1.807) is 0 Å².